The first-order valence-electron chi connectivity index (χ1n) is 9.31. The molecule has 0 saturated carbocycles. The number of hydrogen-bond acceptors (Lipinski definition) is 4. The van der Waals surface area contributed by atoms with E-state index in [-0.39, 0.29) is 37.4 Å². The first kappa shape index (κ1) is 18.4. The Morgan fingerprint density at radius 2 is 1.81 bits per heavy atom. The molecule has 0 aliphatic carbocycles. The van der Waals surface area contributed by atoms with Gasteiger partial charge in [0.15, 0.2) is 0 Å². The van der Waals surface area contributed by atoms with Crippen molar-refractivity contribution in [3.05, 3.63) is 29.8 Å². The number of anilines is 1. The summed E-state index contributed by atoms with van der Waals surface area (Å²) in [5.41, 5.74) is 2.04. The molecule has 1 aromatic rings. The fraction of sp³-hybridized carbons (Fsp3) is 0.526. The molecular weight excluding hydrogens is 332 g/mol. The molecule has 2 aliphatic rings. The number of carbonyl (C=O) groups is 3. The van der Waals surface area contributed by atoms with Crippen molar-refractivity contribution in [2.24, 2.45) is 0 Å². The van der Waals surface area contributed by atoms with E-state index in [9.17, 15) is 14.4 Å². The summed E-state index contributed by atoms with van der Waals surface area (Å²) in [4.78, 5) is 38.5. The van der Waals surface area contributed by atoms with E-state index in [1.54, 1.807) is 0 Å². The lowest BCUT2D eigenvalue weighted by Crippen LogP contribution is -2.32. The highest BCUT2D eigenvalue weighted by molar-refractivity contribution is 6.02. The van der Waals surface area contributed by atoms with Crippen LogP contribution >= 0.6 is 0 Å². The number of nitrogens with one attached hydrogen (secondary N) is 2. The van der Waals surface area contributed by atoms with Crippen LogP contribution in [0, 0.1) is 0 Å². The molecule has 1 aromatic carbocycles. The Morgan fingerprint density at radius 1 is 1.08 bits per heavy atom. The van der Waals surface area contributed by atoms with Crippen molar-refractivity contribution in [3.8, 4) is 0 Å². The summed E-state index contributed by atoms with van der Waals surface area (Å²) < 4.78 is 0. The zero-order valence-corrected chi connectivity index (χ0v) is 15.0. The number of carbonyl (C=O) groups excluding carboxylic acids is 3. The van der Waals surface area contributed by atoms with Gasteiger partial charge in [-0.3, -0.25) is 14.5 Å². The lowest BCUT2D eigenvalue weighted by molar-refractivity contribution is -0.125. The van der Waals surface area contributed by atoms with E-state index in [1.807, 2.05) is 12.1 Å². The van der Waals surface area contributed by atoms with Crippen LogP contribution in [0.2, 0.25) is 0 Å². The molecule has 0 aromatic heterocycles. The van der Waals surface area contributed by atoms with Crippen molar-refractivity contribution in [1.82, 2.24) is 15.1 Å². The number of benzene rings is 1. The summed E-state index contributed by atoms with van der Waals surface area (Å²) in [7, 11) is 0. The van der Waals surface area contributed by atoms with E-state index in [4.69, 9.17) is 0 Å². The molecule has 0 bridgehead atoms. The quantitative estimate of drug-likeness (QED) is 0.692. The highest BCUT2D eigenvalue weighted by Crippen LogP contribution is 2.13. The lowest BCUT2D eigenvalue weighted by atomic mass is 10.1. The Balaban J connectivity index is 1.37. The minimum absolute atomic E-state index is 0.0507. The third kappa shape index (κ3) is 5.05. The number of amides is 4. The Morgan fingerprint density at radius 3 is 2.46 bits per heavy atom. The van der Waals surface area contributed by atoms with Gasteiger partial charge in [-0.05, 0) is 56.5 Å². The third-order valence-corrected chi connectivity index (χ3v) is 4.88. The summed E-state index contributed by atoms with van der Waals surface area (Å²) in [5.74, 6) is -0.346. The normalized spacial score (nSPS) is 17.6. The Kier molecular flexibility index (Phi) is 6.22. The van der Waals surface area contributed by atoms with Gasteiger partial charge in [-0.2, -0.15) is 0 Å². The van der Waals surface area contributed by atoms with Gasteiger partial charge in [0.2, 0.25) is 11.8 Å². The summed E-state index contributed by atoms with van der Waals surface area (Å²) in [5, 5.41) is 5.33. The van der Waals surface area contributed by atoms with Gasteiger partial charge in [-0.15, -0.1) is 0 Å². The maximum absolute atomic E-state index is 12.0. The van der Waals surface area contributed by atoms with Gasteiger partial charge in [0, 0.05) is 25.2 Å². The predicted molar refractivity (Wildman–Crippen MR) is 98.8 cm³/mol. The molecule has 4 amide bonds. The van der Waals surface area contributed by atoms with E-state index < -0.39 is 0 Å². The second kappa shape index (κ2) is 8.80. The smallest absolute Gasteiger partial charge is 0.324 e. The predicted octanol–water partition coefficient (Wildman–Crippen LogP) is 1.60. The van der Waals surface area contributed by atoms with E-state index >= 15 is 0 Å². The van der Waals surface area contributed by atoms with Gasteiger partial charge in [0.1, 0.15) is 0 Å². The lowest BCUT2D eigenvalue weighted by Gasteiger charge is -2.14. The molecule has 2 fully saturated rings. The van der Waals surface area contributed by atoms with Crippen LogP contribution in [0.15, 0.2) is 24.3 Å². The molecule has 140 valence electrons. The number of rotatable bonds is 8. The van der Waals surface area contributed by atoms with Crippen molar-refractivity contribution in [2.75, 3.05) is 38.0 Å². The standard InChI is InChI=1S/C19H26N4O3/c24-17(4-3-12-23-18(25)14-20-19(23)26)21-16-7-5-15(6-8-16)9-13-22-10-1-2-11-22/h5-8H,1-4,9-14H2,(H,20,26)(H,21,24). The topological polar surface area (TPSA) is 81.8 Å². The molecule has 2 N–H and O–H groups in total. The number of nitrogens with zero attached hydrogens (tertiary/aromatic N) is 2. The summed E-state index contributed by atoms with van der Waals surface area (Å²) in [6.45, 7) is 3.83. The SMILES string of the molecule is O=C(CCCN1C(=O)CNC1=O)Nc1ccc(CCN2CCCC2)cc1. The largest absolute Gasteiger partial charge is 0.329 e. The molecule has 0 spiro atoms. The van der Waals surface area contributed by atoms with Crippen molar-refractivity contribution < 1.29 is 14.4 Å². The number of urea groups is 1. The highest BCUT2D eigenvalue weighted by atomic mass is 16.2. The van der Waals surface area contributed by atoms with Crippen LogP contribution < -0.4 is 10.6 Å². The fourth-order valence-corrected chi connectivity index (χ4v) is 3.35. The molecule has 7 nitrogen and oxygen atoms in total. The van der Waals surface area contributed by atoms with Crippen LogP contribution in [0.1, 0.15) is 31.2 Å². The van der Waals surface area contributed by atoms with Crippen molar-refractivity contribution in [1.29, 1.82) is 0 Å². The zero-order chi connectivity index (χ0) is 18.4. The molecule has 3 rings (SSSR count). The molecular formula is C19H26N4O3. The average Bonchev–Trinajstić information content (AvgIpc) is 3.26. The third-order valence-electron chi connectivity index (χ3n) is 4.88. The number of likely N-dealkylation sites (tertiary alicyclic amines) is 1. The van der Waals surface area contributed by atoms with Gasteiger partial charge in [0.25, 0.3) is 0 Å². The van der Waals surface area contributed by atoms with Crippen molar-refractivity contribution >= 4 is 23.5 Å². The fourth-order valence-electron chi connectivity index (χ4n) is 3.35. The number of imide groups is 1. The van der Waals surface area contributed by atoms with Crippen LogP contribution in [-0.2, 0) is 16.0 Å². The minimum Gasteiger partial charge on any atom is -0.329 e. The molecule has 0 radical (unpaired) electrons. The molecule has 2 saturated heterocycles. The zero-order valence-electron chi connectivity index (χ0n) is 15.0. The Labute approximate surface area is 153 Å². The number of hydrogen-bond donors (Lipinski definition) is 2. The second-order valence-electron chi connectivity index (χ2n) is 6.85. The van der Waals surface area contributed by atoms with E-state index in [2.05, 4.69) is 27.7 Å². The molecule has 0 unspecified atom stereocenters. The molecule has 26 heavy (non-hydrogen) atoms. The van der Waals surface area contributed by atoms with Crippen molar-refractivity contribution in [2.45, 2.75) is 32.1 Å². The van der Waals surface area contributed by atoms with Gasteiger partial charge >= 0.3 is 6.03 Å². The maximum atomic E-state index is 12.0. The first-order chi connectivity index (χ1) is 12.6. The summed E-state index contributed by atoms with van der Waals surface area (Å²) in [6, 6.07) is 7.58. The summed E-state index contributed by atoms with van der Waals surface area (Å²) >= 11 is 0. The van der Waals surface area contributed by atoms with Gasteiger partial charge in [0.05, 0.1) is 6.54 Å². The molecule has 0 atom stereocenters. The van der Waals surface area contributed by atoms with Crippen LogP contribution in [-0.4, -0.2) is 60.4 Å². The van der Waals surface area contributed by atoms with Gasteiger partial charge in [-0.25, -0.2) is 4.79 Å². The van der Waals surface area contributed by atoms with Crippen LogP contribution in [0.5, 0.6) is 0 Å². The van der Waals surface area contributed by atoms with Crippen LogP contribution in [0.4, 0.5) is 10.5 Å². The monoisotopic (exact) mass is 358 g/mol. The molecule has 7 heteroatoms. The average molecular weight is 358 g/mol. The Bertz CT molecular complexity index is 637. The molecule has 2 aliphatic heterocycles. The summed E-state index contributed by atoms with van der Waals surface area (Å²) in [6.07, 6.45) is 4.37. The van der Waals surface area contributed by atoms with Crippen LogP contribution in [0.25, 0.3) is 0 Å². The van der Waals surface area contributed by atoms with Gasteiger partial charge < -0.3 is 15.5 Å². The first-order valence-corrected chi connectivity index (χ1v) is 9.31. The Hall–Kier alpha value is -2.41. The molecule has 2 heterocycles. The van der Waals surface area contributed by atoms with Crippen molar-refractivity contribution in [3.63, 3.8) is 0 Å². The van der Waals surface area contributed by atoms with E-state index in [1.165, 1.54) is 31.5 Å². The second-order valence-corrected chi connectivity index (χ2v) is 6.85. The minimum atomic E-state index is -0.375. The van der Waals surface area contributed by atoms with Crippen LogP contribution in [0.3, 0.4) is 0 Å². The van der Waals surface area contributed by atoms with Gasteiger partial charge in [-0.1, -0.05) is 12.1 Å². The van der Waals surface area contributed by atoms with E-state index in [0.717, 1.165) is 23.6 Å². The highest BCUT2D eigenvalue weighted by Gasteiger charge is 2.27. The van der Waals surface area contributed by atoms with E-state index in [0.29, 0.717) is 6.42 Å². The maximum Gasteiger partial charge on any atom is 0.324 e.